The first-order valence-corrected chi connectivity index (χ1v) is 8.23. The molecule has 4 heteroatoms. The normalized spacial score (nSPS) is 18.5. The van der Waals surface area contributed by atoms with Crippen LogP contribution in [0.2, 0.25) is 5.02 Å². The maximum absolute atomic E-state index is 6.40. The predicted octanol–water partition coefficient (Wildman–Crippen LogP) is 4.28. The largest absolute Gasteiger partial charge is 0.381 e. The number of hydrogen-bond donors (Lipinski definition) is 1. The fraction of sp³-hybridized carbons (Fsp3) is 0.600. The molecule has 2 nitrogen and oxygen atoms in total. The van der Waals surface area contributed by atoms with Crippen molar-refractivity contribution in [3.05, 3.63) is 28.8 Å². The Hall–Kier alpha value is -0.220. The zero-order valence-corrected chi connectivity index (χ0v) is 13.2. The maximum Gasteiger partial charge on any atom is 0.0476 e. The van der Waals surface area contributed by atoms with Crippen molar-refractivity contribution < 1.29 is 4.74 Å². The third kappa shape index (κ3) is 4.38. The molecule has 0 bridgehead atoms. The zero-order valence-electron chi connectivity index (χ0n) is 11.6. The van der Waals surface area contributed by atoms with Gasteiger partial charge in [-0.25, -0.2) is 0 Å². The van der Waals surface area contributed by atoms with Gasteiger partial charge in [0, 0.05) is 34.4 Å². The van der Waals surface area contributed by atoms with Crippen LogP contribution >= 0.6 is 23.4 Å². The van der Waals surface area contributed by atoms with Crippen LogP contribution in [0, 0.1) is 0 Å². The summed E-state index contributed by atoms with van der Waals surface area (Å²) < 4.78 is 5.39. The Morgan fingerprint density at radius 3 is 2.79 bits per heavy atom. The van der Waals surface area contributed by atoms with E-state index in [4.69, 9.17) is 16.3 Å². The molecule has 1 fully saturated rings. The highest BCUT2D eigenvalue weighted by Gasteiger charge is 2.16. The molecule has 0 amide bonds. The highest BCUT2D eigenvalue weighted by molar-refractivity contribution is 8.00. The van der Waals surface area contributed by atoms with Crippen molar-refractivity contribution in [1.29, 1.82) is 0 Å². The van der Waals surface area contributed by atoms with Gasteiger partial charge >= 0.3 is 0 Å². The van der Waals surface area contributed by atoms with Crippen LogP contribution in [-0.2, 0) is 4.74 Å². The second-order valence-corrected chi connectivity index (χ2v) is 6.67. The maximum atomic E-state index is 6.40. The second-order valence-electron chi connectivity index (χ2n) is 4.89. The highest BCUT2D eigenvalue weighted by atomic mass is 35.5. The van der Waals surface area contributed by atoms with Crippen LogP contribution in [0.25, 0.3) is 0 Å². The molecule has 0 radical (unpaired) electrons. The van der Waals surface area contributed by atoms with E-state index in [1.54, 1.807) is 0 Å². The summed E-state index contributed by atoms with van der Waals surface area (Å²) in [5.41, 5.74) is 1.18. The molecule has 106 valence electrons. The van der Waals surface area contributed by atoms with Gasteiger partial charge in [-0.15, -0.1) is 11.8 Å². The monoisotopic (exact) mass is 299 g/mol. The van der Waals surface area contributed by atoms with Crippen molar-refractivity contribution in [3.63, 3.8) is 0 Å². The molecule has 0 spiro atoms. The Balaban J connectivity index is 2.01. The van der Waals surface area contributed by atoms with Crippen molar-refractivity contribution in [2.45, 2.75) is 42.9 Å². The van der Waals surface area contributed by atoms with E-state index in [1.807, 2.05) is 11.8 Å². The lowest BCUT2D eigenvalue weighted by atomic mass is 10.1. The standard InChI is InChI=1S/C15H22ClNOS/c1-3-17-11(2)14-5-4-13(10-15(14)16)19-12-6-8-18-9-7-12/h4-5,10-12,17H,3,6-9H2,1-2H3. The van der Waals surface area contributed by atoms with E-state index >= 15 is 0 Å². The fourth-order valence-electron chi connectivity index (χ4n) is 2.33. The summed E-state index contributed by atoms with van der Waals surface area (Å²) in [5.74, 6) is 0. The molecule has 0 saturated carbocycles. The van der Waals surface area contributed by atoms with Crippen LogP contribution in [0.1, 0.15) is 38.3 Å². The van der Waals surface area contributed by atoms with E-state index in [1.165, 1.54) is 10.5 Å². The minimum Gasteiger partial charge on any atom is -0.381 e. The van der Waals surface area contributed by atoms with Gasteiger partial charge in [0.05, 0.1) is 0 Å². The molecule has 1 aromatic rings. The zero-order chi connectivity index (χ0) is 13.7. The van der Waals surface area contributed by atoms with Crippen LogP contribution in [0.4, 0.5) is 0 Å². The molecule has 1 aliphatic heterocycles. The molecule has 1 aliphatic rings. The molecule has 2 rings (SSSR count). The molecular weight excluding hydrogens is 278 g/mol. The summed E-state index contributed by atoms with van der Waals surface area (Å²) in [5, 5.41) is 4.93. The van der Waals surface area contributed by atoms with Gasteiger partial charge in [-0.05, 0) is 44.0 Å². The van der Waals surface area contributed by atoms with Crippen LogP contribution < -0.4 is 5.32 Å². The van der Waals surface area contributed by atoms with Crippen molar-refractivity contribution in [2.75, 3.05) is 19.8 Å². The predicted molar refractivity (Wildman–Crippen MR) is 83.2 cm³/mol. The molecule has 19 heavy (non-hydrogen) atoms. The van der Waals surface area contributed by atoms with Crippen LogP contribution in [0.15, 0.2) is 23.1 Å². The lowest BCUT2D eigenvalue weighted by Crippen LogP contribution is -2.18. The lowest BCUT2D eigenvalue weighted by Gasteiger charge is -2.22. The topological polar surface area (TPSA) is 21.3 Å². The Kier molecular flexibility index (Phi) is 6.02. The Morgan fingerprint density at radius 1 is 1.42 bits per heavy atom. The van der Waals surface area contributed by atoms with Crippen LogP contribution in [-0.4, -0.2) is 25.0 Å². The first kappa shape index (κ1) is 15.2. The van der Waals surface area contributed by atoms with Crippen molar-refractivity contribution >= 4 is 23.4 Å². The van der Waals surface area contributed by atoms with Gasteiger partial charge in [-0.3, -0.25) is 0 Å². The number of rotatable bonds is 5. The average molecular weight is 300 g/mol. The summed E-state index contributed by atoms with van der Waals surface area (Å²) in [7, 11) is 0. The Bertz CT molecular complexity index is 407. The molecule has 1 unspecified atom stereocenters. The van der Waals surface area contributed by atoms with E-state index in [-0.39, 0.29) is 0 Å². The number of thioether (sulfide) groups is 1. The summed E-state index contributed by atoms with van der Waals surface area (Å²) in [4.78, 5) is 1.27. The van der Waals surface area contributed by atoms with Crippen molar-refractivity contribution in [2.24, 2.45) is 0 Å². The third-order valence-electron chi connectivity index (χ3n) is 3.42. The van der Waals surface area contributed by atoms with Gasteiger partial charge in [0.2, 0.25) is 0 Å². The highest BCUT2D eigenvalue weighted by Crippen LogP contribution is 2.33. The van der Waals surface area contributed by atoms with Gasteiger partial charge in [0.25, 0.3) is 0 Å². The third-order valence-corrected chi connectivity index (χ3v) is 5.08. The van der Waals surface area contributed by atoms with E-state index < -0.39 is 0 Å². The van der Waals surface area contributed by atoms with E-state index in [2.05, 4.69) is 37.4 Å². The summed E-state index contributed by atoms with van der Waals surface area (Å²) in [6, 6.07) is 6.75. The average Bonchev–Trinajstić information content (AvgIpc) is 2.40. The molecule has 1 heterocycles. The molecule has 1 N–H and O–H groups in total. The van der Waals surface area contributed by atoms with Crippen molar-refractivity contribution in [3.8, 4) is 0 Å². The van der Waals surface area contributed by atoms with Gasteiger partial charge in [-0.2, -0.15) is 0 Å². The molecule has 1 atom stereocenters. The summed E-state index contributed by atoms with van der Waals surface area (Å²) >= 11 is 8.33. The van der Waals surface area contributed by atoms with E-state index in [0.29, 0.717) is 11.3 Å². The lowest BCUT2D eigenvalue weighted by molar-refractivity contribution is 0.100. The van der Waals surface area contributed by atoms with Gasteiger partial charge < -0.3 is 10.1 Å². The molecule has 0 aliphatic carbocycles. The first-order valence-electron chi connectivity index (χ1n) is 6.98. The number of hydrogen-bond acceptors (Lipinski definition) is 3. The number of ether oxygens (including phenoxy) is 1. The molecule has 1 aromatic carbocycles. The molecular formula is C15H22ClNOS. The van der Waals surface area contributed by atoms with Gasteiger partial charge in [0.1, 0.15) is 0 Å². The van der Waals surface area contributed by atoms with Gasteiger partial charge in [0.15, 0.2) is 0 Å². The summed E-state index contributed by atoms with van der Waals surface area (Å²) in [6.07, 6.45) is 2.27. The second kappa shape index (κ2) is 7.53. The van der Waals surface area contributed by atoms with Crippen LogP contribution in [0.5, 0.6) is 0 Å². The van der Waals surface area contributed by atoms with Crippen LogP contribution in [0.3, 0.4) is 0 Å². The molecule has 0 aromatic heterocycles. The smallest absolute Gasteiger partial charge is 0.0476 e. The fourth-order valence-corrected chi connectivity index (χ4v) is 3.89. The first-order chi connectivity index (χ1) is 9.20. The van der Waals surface area contributed by atoms with Crippen molar-refractivity contribution in [1.82, 2.24) is 5.32 Å². The minimum atomic E-state index is 0.305. The quantitative estimate of drug-likeness (QED) is 0.877. The van der Waals surface area contributed by atoms with E-state index in [0.717, 1.165) is 37.6 Å². The number of nitrogens with one attached hydrogen (secondary N) is 1. The number of halogens is 1. The molecule has 1 saturated heterocycles. The minimum absolute atomic E-state index is 0.305. The Labute approximate surface area is 125 Å². The summed E-state index contributed by atoms with van der Waals surface area (Å²) in [6.45, 7) is 6.99. The van der Waals surface area contributed by atoms with Gasteiger partial charge in [-0.1, -0.05) is 24.6 Å². The number of benzene rings is 1. The SMILES string of the molecule is CCNC(C)c1ccc(SC2CCOCC2)cc1Cl. The Morgan fingerprint density at radius 2 is 2.16 bits per heavy atom. The van der Waals surface area contributed by atoms with E-state index in [9.17, 15) is 0 Å².